The molecule has 3 N–H and O–H groups in total. The van der Waals surface area contributed by atoms with Crippen molar-refractivity contribution in [1.29, 1.82) is 0 Å². The number of carbonyl (C=O) groups is 1. The summed E-state index contributed by atoms with van der Waals surface area (Å²) in [5.41, 5.74) is 10.8. The molecule has 1 aliphatic rings. The third-order valence-corrected chi connectivity index (χ3v) is 4.36. The number of hydrogen-bond acceptors (Lipinski definition) is 2. The lowest BCUT2D eigenvalue weighted by molar-refractivity contribution is -0.121. The highest BCUT2D eigenvalue weighted by Crippen LogP contribution is 2.19. The van der Waals surface area contributed by atoms with Gasteiger partial charge in [-0.25, -0.2) is 0 Å². The molecule has 0 aliphatic heterocycles. The first kappa shape index (κ1) is 14.1. The third kappa shape index (κ3) is 3.35. The molecule has 2 rings (SSSR count). The SMILES string of the molecule is Cc1ccc(CC(=O)NC2CCC(N)C2)c(C)c1C. The highest BCUT2D eigenvalue weighted by Gasteiger charge is 2.23. The Labute approximate surface area is 115 Å². The first-order valence-electron chi connectivity index (χ1n) is 7.08. The van der Waals surface area contributed by atoms with E-state index in [1.54, 1.807) is 0 Å². The van der Waals surface area contributed by atoms with Gasteiger partial charge in [0.05, 0.1) is 6.42 Å². The summed E-state index contributed by atoms with van der Waals surface area (Å²) in [6.07, 6.45) is 3.42. The fourth-order valence-electron chi connectivity index (χ4n) is 2.80. The zero-order valence-electron chi connectivity index (χ0n) is 12.1. The van der Waals surface area contributed by atoms with Gasteiger partial charge in [-0.2, -0.15) is 0 Å². The van der Waals surface area contributed by atoms with Gasteiger partial charge in [0.25, 0.3) is 0 Å². The van der Waals surface area contributed by atoms with Gasteiger partial charge in [-0.05, 0) is 62.3 Å². The van der Waals surface area contributed by atoms with Crippen molar-refractivity contribution in [2.24, 2.45) is 5.73 Å². The summed E-state index contributed by atoms with van der Waals surface area (Å²) in [5.74, 6) is 0.116. The van der Waals surface area contributed by atoms with E-state index in [2.05, 4.69) is 38.2 Å². The van der Waals surface area contributed by atoms with Crippen LogP contribution in [-0.2, 0) is 11.2 Å². The van der Waals surface area contributed by atoms with Crippen molar-refractivity contribution >= 4 is 5.91 Å². The van der Waals surface area contributed by atoms with Crippen molar-refractivity contribution in [3.05, 3.63) is 34.4 Å². The zero-order chi connectivity index (χ0) is 14.0. The van der Waals surface area contributed by atoms with Crippen molar-refractivity contribution in [1.82, 2.24) is 5.32 Å². The van der Waals surface area contributed by atoms with E-state index in [1.165, 1.54) is 16.7 Å². The third-order valence-electron chi connectivity index (χ3n) is 4.36. The number of rotatable bonds is 3. The largest absolute Gasteiger partial charge is 0.353 e. The molecule has 0 aromatic heterocycles. The Hall–Kier alpha value is -1.35. The maximum atomic E-state index is 12.1. The minimum absolute atomic E-state index is 0.116. The van der Waals surface area contributed by atoms with Gasteiger partial charge >= 0.3 is 0 Å². The Balaban J connectivity index is 1.97. The van der Waals surface area contributed by atoms with Crippen LogP contribution in [0.3, 0.4) is 0 Å². The Kier molecular flexibility index (Phi) is 4.25. The second-order valence-electron chi connectivity index (χ2n) is 5.81. The van der Waals surface area contributed by atoms with Crippen LogP contribution in [0.1, 0.15) is 41.5 Å². The van der Waals surface area contributed by atoms with E-state index in [4.69, 9.17) is 5.73 Å². The van der Waals surface area contributed by atoms with Crippen LogP contribution in [0.5, 0.6) is 0 Å². The molecule has 104 valence electrons. The van der Waals surface area contributed by atoms with Gasteiger partial charge in [0.2, 0.25) is 5.91 Å². The lowest BCUT2D eigenvalue weighted by Crippen LogP contribution is -2.35. The molecule has 0 spiro atoms. The standard InChI is InChI=1S/C16H24N2O/c1-10-4-5-13(12(3)11(10)2)8-16(19)18-15-7-6-14(17)9-15/h4-5,14-15H,6-9,17H2,1-3H3,(H,18,19). The van der Waals surface area contributed by atoms with Gasteiger partial charge in [-0.1, -0.05) is 12.1 Å². The molecule has 1 saturated carbocycles. The monoisotopic (exact) mass is 260 g/mol. The smallest absolute Gasteiger partial charge is 0.224 e. The summed E-state index contributed by atoms with van der Waals surface area (Å²) < 4.78 is 0. The molecular formula is C16H24N2O. The maximum Gasteiger partial charge on any atom is 0.224 e. The van der Waals surface area contributed by atoms with E-state index in [-0.39, 0.29) is 18.0 Å². The lowest BCUT2D eigenvalue weighted by atomic mass is 9.97. The number of aryl methyl sites for hydroxylation is 1. The van der Waals surface area contributed by atoms with Crippen LogP contribution < -0.4 is 11.1 Å². The number of amides is 1. The van der Waals surface area contributed by atoms with Gasteiger partial charge in [0.15, 0.2) is 0 Å². The minimum atomic E-state index is 0.116. The normalized spacial score (nSPS) is 22.5. The first-order valence-corrected chi connectivity index (χ1v) is 7.08. The molecule has 0 saturated heterocycles. The van der Waals surface area contributed by atoms with Crippen LogP contribution in [0.25, 0.3) is 0 Å². The molecule has 19 heavy (non-hydrogen) atoms. The Morgan fingerprint density at radius 2 is 2.00 bits per heavy atom. The molecule has 3 nitrogen and oxygen atoms in total. The summed E-state index contributed by atoms with van der Waals surface area (Å²) in [7, 11) is 0. The first-order chi connectivity index (χ1) is 8.97. The highest BCUT2D eigenvalue weighted by molar-refractivity contribution is 5.79. The summed E-state index contributed by atoms with van der Waals surface area (Å²) >= 11 is 0. The van der Waals surface area contributed by atoms with E-state index < -0.39 is 0 Å². The predicted octanol–water partition coefficient (Wildman–Crippen LogP) is 2.15. The number of carbonyl (C=O) groups excluding carboxylic acids is 1. The van der Waals surface area contributed by atoms with Crippen LogP contribution in [-0.4, -0.2) is 18.0 Å². The molecule has 1 aromatic rings. The van der Waals surface area contributed by atoms with Crippen LogP contribution >= 0.6 is 0 Å². The fourth-order valence-corrected chi connectivity index (χ4v) is 2.80. The van der Waals surface area contributed by atoms with Gasteiger partial charge < -0.3 is 11.1 Å². The summed E-state index contributed by atoms with van der Waals surface area (Å²) in [6.45, 7) is 6.31. The van der Waals surface area contributed by atoms with Crippen molar-refractivity contribution in [3.8, 4) is 0 Å². The summed E-state index contributed by atoms with van der Waals surface area (Å²) in [5, 5.41) is 3.10. The van der Waals surface area contributed by atoms with Crippen LogP contribution in [0, 0.1) is 20.8 Å². The number of benzene rings is 1. The number of hydrogen-bond donors (Lipinski definition) is 2. The van der Waals surface area contributed by atoms with E-state index in [0.29, 0.717) is 6.42 Å². The molecule has 3 heteroatoms. The molecule has 0 radical (unpaired) electrons. The fraction of sp³-hybridized carbons (Fsp3) is 0.562. The van der Waals surface area contributed by atoms with E-state index in [9.17, 15) is 4.79 Å². The molecule has 0 heterocycles. The second-order valence-corrected chi connectivity index (χ2v) is 5.81. The number of nitrogens with two attached hydrogens (primary N) is 1. The Bertz CT molecular complexity index is 482. The molecule has 1 fully saturated rings. The van der Waals surface area contributed by atoms with Crippen molar-refractivity contribution < 1.29 is 4.79 Å². The van der Waals surface area contributed by atoms with Gasteiger partial charge in [0, 0.05) is 12.1 Å². The Morgan fingerprint density at radius 1 is 1.26 bits per heavy atom. The van der Waals surface area contributed by atoms with Crippen LogP contribution in [0.4, 0.5) is 0 Å². The van der Waals surface area contributed by atoms with Crippen molar-refractivity contribution in [2.75, 3.05) is 0 Å². The average molecular weight is 260 g/mol. The molecule has 1 aromatic carbocycles. The van der Waals surface area contributed by atoms with Crippen LogP contribution in [0.2, 0.25) is 0 Å². The average Bonchev–Trinajstić information content (AvgIpc) is 2.75. The van der Waals surface area contributed by atoms with Gasteiger partial charge in [-0.3, -0.25) is 4.79 Å². The molecule has 0 bridgehead atoms. The Morgan fingerprint density at radius 3 is 2.63 bits per heavy atom. The molecule has 2 atom stereocenters. The van der Waals surface area contributed by atoms with Gasteiger partial charge in [0.1, 0.15) is 0 Å². The zero-order valence-corrected chi connectivity index (χ0v) is 12.1. The molecule has 1 amide bonds. The summed E-state index contributed by atoms with van der Waals surface area (Å²) in [4.78, 5) is 12.1. The van der Waals surface area contributed by atoms with E-state index >= 15 is 0 Å². The van der Waals surface area contributed by atoms with Crippen LogP contribution in [0.15, 0.2) is 12.1 Å². The lowest BCUT2D eigenvalue weighted by Gasteiger charge is -2.14. The molecular weight excluding hydrogens is 236 g/mol. The van der Waals surface area contributed by atoms with Crippen molar-refractivity contribution in [3.63, 3.8) is 0 Å². The quantitative estimate of drug-likeness (QED) is 0.875. The second kappa shape index (κ2) is 5.74. The highest BCUT2D eigenvalue weighted by atomic mass is 16.1. The molecule has 1 aliphatic carbocycles. The predicted molar refractivity (Wildman–Crippen MR) is 78.1 cm³/mol. The van der Waals surface area contributed by atoms with E-state index in [1.807, 2.05) is 0 Å². The minimum Gasteiger partial charge on any atom is -0.353 e. The van der Waals surface area contributed by atoms with Crippen molar-refractivity contribution in [2.45, 2.75) is 58.5 Å². The van der Waals surface area contributed by atoms with Gasteiger partial charge in [-0.15, -0.1) is 0 Å². The van der Waals surface area contributed by atoms with E-state index in [0.717, 1.165) is 24.8 Å². The number of nitrogens with one attached hydrogen (secondary N) is 1. The summed E-state index contributed by atoms with van der Waals surface area (Å²) in [6, 6.07) is 4.69. The molecule has 2 unspecified atom stereocenters. The topological polar surface area (TPSA) is 55.1 Å². The maximum absolute atomic E-state index is 12.1.